The van der Waals surface area contributed by atoms with E-state index in [2.05, 4.69) is 15.4 Å². The van der Waals surface area contributed by atoms with E-state index in [0.29, 0.717) is 32.6 Å². The number of anilines is 1. The maximum absolute atomic E-state index is 11.6. The molecule has 7 nitrogen and oxygen atoms in total. The predicted molar refractivity (Wildman–Crippen MR) is 76.3 cm³/mol. The molecule has 0 aromatic carbocycles. The van der Waals surface area contributed by atoms with E-state index in [0.717, 1.165) is 17.0 Å². The molecule has 1 aliphatic rings. The highest BCUT2D eigenvalue weighted by molar-refractivity contribution is 5.75. The zero-order valence-corrected chi connectivity index (χ0v) is 11.9. The van der Waals surface area contributed by atoms with Gasteiger partial charge in [0.05, 0.1) is 5.41 Å². The largest absolute Gasteiger partial charge is 0.481 e. The van der Waals surface area contributed by atoms with Gasteiger partial charge in [0.15, 0.2) is 5.65 Å². The third kappa shape index (κ3) is 2.56. The van der Waals surface area contributed by atoms with E-state index in [-0.39, 0.29) is 0 Å². The van der Waals surface area contributed by atoms with Crippen molar-refractivity contribution in [2.45, 2.75) is 19.8 Å². The fourth-order valence-electron chi connectivity index (χ4n) is 2.67. The molecule has 0 amide bonds. The summed E-state index contributed by atoms with van der Waals surface area (Å²) in [4.78, 5) is 15.8. The van der Waals surface area contributed by atoms with Crippen molar-refractivity contribution in [3.05, 3.63) is 24.0 Å². The van der Waals surface area contributed by atoms with Gasteiger partial charge in [-0.1, -0.05) is 0 Å². The number of carboxylic acids is 1. The summed E-state index contributed by atoms with van der Waals surface area (Å²) < 4.78 is 6.97. The second kappa shape index (κ2) is 5.33. The summed E-state index contributed by atoms with van der Waals surface area (Å²) in [6, 6.07) is 3.87. The second-order valence-corrected chi connectivity index (χ2v) is 5.50. The molecule has 7 heteroatoms. The molecule has 0 radical (unpaired) electrons. The van der Waals surface area contributed by atoms with Crippen molar-refractivity contribution in [2.24, 2.45) is 5.41 Å². The molecule has 3 heterocycles. The Labute approximate surface area is 121 Å². The number of fused-ring (bicyclic) bond motifs is 1. The third-order valence-corrected chi connectivity index (χ3v) is 4.03. The Balaban J connectivity index is 1.84. The van der Waals surface area contributed by atoms with Crippen molar-refractivity contribution in [1.82, 2.24) is 14.6 Å². The summed E-state index contributed by atoms with van der Waals surface area (Å²) in [6.07, 6.45) is 2.52. The summed E-state index contributed by atoms with van der Waals surface area (Å²) in [6.45, 7) is 3.30. The number of carboxylic acid groups (broad SMARTS) is 1. The van der Waals surface area contributed by atoms with Gasteiger partial charge in [-0.15, -0.1) is 0 Å². The van der Waals surface area contributed by atoms with Gasteiger partial charge in [-0.2, -0.15) is 9.61 Å². The van der Waals surface area contributed by atoms with Crippen molar-refractivity contribution in [3.63, 3.8) is 0 Å². The zero-order chi connectivity index (χ0) is 14.9. The Morgan fingerprint density at radius 1 is 1.48 bits per heavy atom. The topological polar surface area (TPSA) is 88.8 Å². The molecule has 2 aromatic heterocycles. The number of ether oxygens (including phenoxy) is 1. The van der Waals surface area contributed by atoms with Gasteiger partial charge in [-0.05, 0) is 37.5 Å². The van der Waals surface area contributed by atoms with Crippen LogP contribution < -0.4 is 5.32 Å². The van der Waals surface area contributed by atoms with Crippen molar-refractivity contribution in [2.75, 3.05) is 25.1 Å². The van der Waals surface area contributed by atoms with Crippen molar-refractivity contribution >= 4 is 17.4 Å². The lowest BCUT2D eigenvalue weighted by atomic mass is 9.80. The van der Waals surface area contributed by atoms with E-state index >= 15 is 0 Å². The van der Waals surface area contributed by atoms with Crippen LogP contribution in [0.1, 0.15) is 18.4 Å². The highest BCUT2D eigenvalue weighted by atomic mass is 16.5. The SMILES string of the molecule is Cc1cc(NCC2(C(=O)O)CCOCC2)n2ncnc2c1. The van der Waals surface area contributed by atoms with E-state index in [4.69, 9.17) is 4.74 Å². The van der Waals surface area contributed by atoms with E-state index in [1.54, 1.807) is 4.52 Å². The molecule has 0 spiro atoms. The molecule has 1 fully saturated rings. The smallest absolute Gasteiger partial charge is 0.311 e. The minimum Gasteiger partial charge on any atom is -0.481 e. The summed E-state index contributed by atoms with van der Waals surface area (Å²) in [5.41, 5.74) is 1.01. The van der Waals surface area contributed by atoms with Crippen LogP contribution in [0.4, 0.5) is 5.82 Å². The van der Waals surface area contributed by atoms with Gasteiger partial charge in [0.2, 0.25) is 0 Å². The molecule has 3 rings (SSSR count). The van der Waals surface area contributed by atoms with Crippen LogP contribution in [0.15, 0.2) is 18.5 Å². The number of carbonyl (C=O) groups is 1. The summed E-state index contributed by atoms with van der Waals surface area (Å²) in [5.74, 6) is -0.0181. The average molecular weight is 290 g/mol. The first-order valence-corrected chi connectivity index (χ1v) is 6.96. The minimum atomic E-state index is -0.783. The van der Waals surface area contributed by atoms with Crippen LogP contribution in [0.3, 0.4) is 0 Å². The summed E-state index contributed by atoms with van der Waals surface area (Å²) in [5, 5.41) is 17.0. The van der Waals surface area contributed by atoms with E-state index in [1.165, 1.54) is 6.33 Å². The van der Waals surface area contributed by atoms with Gasteiger partial charge in [-0.3, -0.25) is 4.79 Å². The highest BCUT2D eigenvalue weighted by Crippen LogP contribution is 2.31. The molecule has 0 unspecified atom stereocenters. The van der Waals surface area contributed by atoms with Crippen LogP contribution in [0.25, 0.3) is 5.65 Å². The fourth-order valence-corrected chi connectivity index (χ4v) is 2.67. The predicted octanol–water partition coefficient (Wildman–Crippen LogP) is 1.33. The van der Waals surface area contributed by atoms with Gasteiger partial charge in [0.25, 0.3) is 0 Å². The highest BCUT2D eigenvalue weighted by Gasteiger charge is 2.40. The van der Waals surface area contributed by atoms with Gasteiger partial charge in [-0.25, -0.2) is 4.98 Å². The lowest BCUT2D eigenvalue weighted by molar-refractivity contribution is -0.153. The number of aromatic nitrogens is 3. The molecule has 112 valence electrons. The molecule has 0 saturated carbocycles. The van der Waals surface area contributed by atoms with Crippen LogP contribution in [-0.2, 0) is 9.53 Å². The first-order valence-electron chi connectivity index (χ1n) is 6.96. The molecular formula is C14H18N4O3. The molecule has 2 aromatic rings. The molecule has 0 bridgehead atoms. The number of hydrogen-bond acceptors (Lipinski definition) is 5. The normalized spacial score (nSPS) is 17.8. The van der Waals surface area contributed by atoms with Gasteiger partial charge >= 0.3 is 5.97 Å². The molecule has 1 aliphatic heterocycles. The number of hydrogen-bond donors (Lipinski definition) is 2. The average Bonchev–Trinajstić information content (AvgIpc) is 2.93. The van der Waals surface area contributed by atoms with Crippen LogP contribution >= 0.6 is 0 Å². The molecule has 0 atom stereocenters. The van der Waals surface area contributed by atoms with Crippen LogP contribution in [0.2, 0.25) is 0 Å². The number of pyridine rings is 1. The van der Waals surface area contributed by atoms with Crippen LogP contribution in [0.5, 0.6) is 0 Å². The number of rotatable bonds is 4. The first kappa shape index (κ1) is 13.8. The van der Waals surface area contributed by atoms with Gasteiger partial charge in [0, 0.05) is 19.8 Å². The Kier molecular flexibility index (Phi) is 3.50. The fraction of sp³-hybridized carbons (Fsp3) is 0.500. The standard InChI is InChI=1S/C14H18N4O3/c1-10-6-11(18-12(7-10)16-9-17-18)15-8-14(13(19)20)2-4-21-5-3-14/h6-7,9,15H,2-5,8H2,1H3,(H,19,20). The molecule has 21 heavy (non-hydrogen) atoms. The number of aryl methyl sites for hydroxylation is 1. The third-order valence-electron chi connectivity index (χ3n) is 4.03. The van der Waals surface area contributed by atoms with E-state index < -0.39 is 11.4 Å². The summed E-state index contributed by atoms with van der Waals surface area (Å²) in [7, 11) is 0. The Bertz CT molecular complexity index is 661. The molecular weight excluding hydrogens is 272 g/mol. The lowest BCUT2D eigenvalue weighted by Gasteiger charge is -2.33. The van der Waals surface area contributed by atoms with Crippen molar-refractivity contribution < 1.29 is 14.6 Å². The maximum Gasteiger partial charge on any atom is 0.311 e. The Morgan fingerprint density at radius 3 is 2.95 bits per heavy atom. The van der Waals surface area contributed by atoms with Gasteiger partial charge < -0.3 is 15.2 Å². The quantitative estimate of drug-likeness (QED) is 0.883. The first-order chi connectivity index (χ1) is 10.1. The second-order valence-electron chi connectivity index (χ2n) is 5.50. The number of nitrogens with one attached hydrogen (secondary N) is 1. The number of aliphatic carboxylic acids is 1. The number of nitrogens with zero attached hydrogens (tertiary/aromatic N) is 3. The van der Waals surface area contributed by atoms with Crippen LogP contribution in [-0.4, -0.2) is 45.4 Å². The monoisotopic (exact) mass is 290 g/mol. The van der Waals surface area contributed by atoms with E-state index in [9.17, 15) is 9.90 Å². The molecule has 1 saturated heterocycles. The van der Waals surface area contributed by atoms with Crippen molar-refractivity contribution in [1.29, 1.82) is 0 Å². The lowest BCUT2D eigenvalue weighted by Crippen LogP contribution is -2.42. The van der Waals surface area contributed by atoms with Gasteiger partial charge in [0.1, 0.15) is 12.1 Å². The van der Waals surface area contributed by atoms with E-state index in [1.807, 2.05) is 19.1 Å². The molecule has 2 N–H and O–H groups in total. The maximum atomic E-state index is 11.6. The molecule has 0 aliphatic carbocycles. The zero-order valence-electron chi connectivity index (χ0n) is 11.9. The Hall–Kier alpha value is -2.15. The minimum absolute atomic E-state index is 0.351. The Morgan fingerprint density at radius 2 is 2.24 bits per heavy atom. The van der Waals surface area contributed by atoms with Crippen LogP contribution in [0, 0.1) is 12.3 Å². The summed E-state index contributed by atoms with van der Waals surface area (Å²) >= 11 is 0. The van der Waals surface area contributed by atoms with Crippen molar-refractivity contribution in [3.8, 4) is 0 Å².